The molecule has 0 aliphatic carbocycles. The number of carboxylic acids is 1. The average Bonchev–Trinajstić information content (AvgIpc) is 2.99. The van der Waals surface area contributed by atoms with Crippen LogP contribution in [0.25, 0.3) is 0 Å². The van der Waals surface area contributed by atoms with Crippen molar-refractivity contribution in [3.05, 3.63) is 29.8 Å². The van der Waals surface area contributed by atoms with Crippen molar-refractivity contribution in [2.45, 2.75) is 38.1 Å². The van der Waals surface area contributed by atoms with Crippen molar-refractivity contribution in [2.24, 2.45) is 5.41 Å². The molecule has 0 spiro atoms. The largest absolute Gasteiger partial charge is 0.481 e. The first-order valence-corrected chi connectivity index (χ1v) is 9.86. The van der Waals surface area contributed by atoms with Crippen molar-refractivity contribution in [2.75, 3.05) is 18.8 Å². The Morgan fingerprint density at radius 1 is 1.32 bits per heavy atom. The van der Waals surface area contributed by atoms with Gasteiger partial charge in [0.15, 0.2) is 9.84 Å². The van der Waals surface area contributed by atoms with Gasteiger partial charge in [-0.1, -0.05) is 19.1 Å². The molecule has 1 saturated heterocycles. The van der Waals surface area contributed by atoms with Crippen LogP contribution in [0.5, 0.6) is 0 Å². The first-order valence-electron chi connectivity index (χ1n) is 8.20. The molecule has 1 aliphatic rings. The van der Waals surface area contributed by atoms with Gasteiger partial charge in [-0.05, 0) is 38.0 Å². The van der Waals surface area contributed by atoms with Crippen LogP contribution < -0.4 is 5.32 Å². The van der Waals surface area contributed by atoms with Gasteiger partial charge in [0.2, 0.25) is 0 Å². The normalized spacial score (nSPS) is 21.8. The van der Waals surface area contributed by atoms with Gasteiger partial charge >= 0.3 is 12.0 Å². The van der Waals surface area contributed by atoms with E-state index >= 15 is 0 Å². The Morgan fingerprint density at radius 3 is 2.40 bits per heavy atom. The van der Waals surface area contributed by atoms with Crippen molar-refractivity contribution in [3.63, 3.8) is 0 Å². The molecule has 1 aromatic rings. The molecule has 1 aliphatic heterocycles. The Hall–Kier alpha value is -2.09. The zero-order valence-electron chi connectivity index (χ0n) is 14.7. The molecule has 0 radical (unpaired) electrons. The number of hydrogen-bond acceptors (Lipinski definition) is 4. The summed E-state index contributed by atoms with van der Waals surface area (Å²) >= 11 is 0. The molecular weight excluding hydrogens is 344 g/mol. The fourth-order valence-corrected chi connectivity index (χ4v) is 3.68. The van der Waals surface area contributed by atoms with Crippen molar-refractivity contribution >= 4 is 21.8 Å². The summed E-state index contributed by atoms with van der Waals surface area (Å²) in [5.74, 6) is -0.862. The maximum Gasteiger partial charge on any atom is 0.317 e. The lowest BCUT2D eigenvalue weighted by Gasteiger charge is -2.23. The fourth-order valence-electron chi connectivity index (χ4n) is 2.80. The van der Waals surface area contributed by atoms with Gasteiger partial charge in [0.1, 0.15) is 0 Å². The van der Waals surface area contributed by atoms with Crippen LogP contribution in [0, 0.1) is 5.41 Å². The highest BCUT2D eigenvalue weighted by atomic mass is 32.2. The third-order valence-electron chi connectivity index (χ3n) is 4.74. The summed E-state index contributed by atoms with van der Waals surface area (Å²) in [7, 11) is -3.25. The molecule has 2 rings (SSSR count). The molecule has 1 heterocycles. The zero-order valence-corrected chi connectivity index (χ0v) is 15.5. The van der Waals surface area contributed by atoms with Gasteiger partial charge in [0.25, 0.3) is 0 Å². The number of rotatable bonds is 5. The molecule has 0 saturated carbocycles. The van der Waals surface area contributed by atoms with Crippen LogP contribution in [0.3, 0.4) is 0 Å². The van der Waals surface area contributed by atoms with Gasteiger partial charge in [-0.2, -0.15) is 0 Å². The van der Waals surface area contributed by atoms with Crippen LogP contribution in [0.15, 0.2) is 29.2 Å². The summed E-state index contributed by atoms with van der Waals surface area (Å²) in [4.78, 5) is 25.4. The minimum absolute atomic E-state index is 0.0376. The Labute approximate surface area is 147 Å². The van der Waals surface area contributed by atoms with Gasteiger partial charge in [-0.3, -0.25) is 4.79 Å². The Kier molecular flexibility index (Phi) is 5.41. The summed E-state index contributed by atoms with van der Waals surface area (Å²) < 4.78 is 23.7. The van der Waals surface area contributed by atoms with Crippen molar-refractivity contribution in [1.82, 2.24) is 10.2 Å². The molecule has 1 fully saturated rings. The number of carboxylic acid groups (broad SMARTS) is 1. The Morgan fingerprint density at radius 2 is 1.92 bits per heavy atom. The fraction of sp³-hybridized carbons (Fsp3) is 0.529. The molecule has 8 heteroatoms. The molecule has 0 bridgehead atoms. The van der Waals surface area contributed by atoms with E-state index in [0.29, 0.717) is 13.0 Å². The molecule has 1 aromatic carbocycles. The predicted molar refractivity (Wildman–Crippen MR) is 93.0 cm³/mol. The van der Waals surface area contributed by atoms with Gasteiger partial charge < -0.3 is 15.3 Å². The van der Waals surface area contributed by atoms with Crippen LogP contribution in [0.1, 0.15) is 38.8 Å². The summed E-state index contributed by atoms with van der Waals surface area (Å²) in [6.07, 6.45) is 0.424. The zero-order chi connectivity index (χ0) is 18.8. The third-order valence-corrected chi connectivity index (χ3v) is 6.49. The number of aliphatic carboxylic acids is 1. The summed E-state index contributed by atoms with van der Waals surface area (Å²) in [6.45, 7) is 5.60. The van der Waals surface area contributed by atoms with E-state index in [1.807, 2.05) is 0 Å². The lowest BCUT2D eigenvalue weighted by molar-refractivity contribution is -0.147. The molecular formula is C17H24N2O5S. The number of benzene rings is 1. The highest BCUT2D eigenvalue weighted by Crippen LogP contribution is 2.30. The van der Waals surface area contributed by atoms with E-state index in [0.717, 1.165) is 5.56 Å². The number of carbonyl (C=O) groups is 2. The number of amides is 2. The molecule has 2 unspecified atom stereocenters. The Balaban J connectivity index is 2.01. The molecule has 2 atom stereocenters. The quantitative estimate of drug-likeness (QED) is 0.828. The summed E-state index contributed by atoms with van der Waals surface area (Å²) in [6, 6.07) is 5.80. The molecule has 0 aromatic heterocycles. The number of nitrogens with one attached hydrogen (secondary N) is 1. The summed E-state index contributed by atoms with van der Waals surface area (Å²) in [5, 5.41) is 12.1. The number of carbonyl (C=O) groups excluding carboxylic acids is 1. The van der Waals surface area contributed by atoms with Crippen molar-refractivity contribution < 1.29 is 23.1 Å². The molecule has 138 valence electrons. The Bertz CT molecular complexity index is 760. The first-order chi connectivity index (χ1) is 11.6. The second-order valence-corrected chi connectivity index (χ2v) is 8.96. The molecule has 2 N–H and O–H groups in total. The molecule has 25 heavy (non-hydrogen) atoms. The van der Waals surface area contributed by atoms with Crippen LogP contribution >= 0.6 is 0 Å². The highest BCUT2D eigenvalue weighted by molar-refractivity contribution is 7.91. The SMILES string of the molecule is CCS(=O)(=O)c1ccc(C(C)NC(=O)N2CCC(C)(C(=O)O)C2)cc1. The van der Waals surface area contributed by atoms with E-state index in [1.54, 1.807) is 32.9 Å². The molecule has 7 nitrogen and oxygen atoms in total. The number of urea groups is 1. The number of hydrogen-bond donors (Lipinski definition) is 2. The lowest BCUT2D eigenvalue weighted by atomic mass is 9.90. The molecule has 2 amide bonds. The van der Waals surface area contributed by atoms with E-state index in [2.05, 4.69) is 5.32 Å². The average molecular weight is 368 g/mol. The smallest absolute Gasteiger partial charge is 0.317 e. The minimum Gasteiger partial charge on any atom is -0.481 e. The maximum atomic E-state index is 12.3. The lowest BCUT2D eigenvalue weighted by Crippen LogP contribution is -2.41. The number of nitrogens with zero attached hydrogens (tertiary/aromatic N) is 1. The van der Waals surface area contributed by atoms with E-state index in [9.17, 15) is 23.1 Å². The van der Waals surface area contributed by atoms with Crippen LogP contribution in [0.4, 0.5) is 4.79 Å². The predicted octanol–water partition coefficient (Wildman–Crippen LogP) is 2.05. The van der Waals surface area contributed by atoms with Crippen LogP contribution in [-0.2, 0) is 14.6 Å². The van der Waals surface area contributed by atoms with E-state index < -0.39 is 21.2 Å². The van der Waals surface area contributed by atoms with Crippen LogP contribution in [-0.4, -0.2) is 49.3 Å². The van der Waals surface area contributed by atoms with Gasteiger partial charge in [0, 0.05) is 13.1 Å². The number of likely N-dealkylation sites (tertiary alicyclic amines) is 1. The van der Waals surface area contributed by atoms with Gasteiger partial charge in [0.05, 0.1) is 22.1 Å². The van der Waals surface area contributed by atoms with Crippen molar-refractivity contribution in [3.8, 4) is 0 Å². The topological polar surface area (TPSA) is 104 Å². The third kappa shape index (κ3) is 4.12. The van der Waals surface area contributed by atoms with Gasteiger partial charge in [-0.15, -0.1) is 0 Å². The van der Waals surface area contributed by atoms with Crippen molar-refractivity contribution in [1.29, 1.82) is 0 Å². The first kappa shape index (κ1) is 19.2. The van der Waals surface area contributed by atoms with Gasteiger partial charge in [-0.25, -0.2) is 13.2 Å². The second-order valence-electron chi connectivity index (χ2n) is 6.68. The van der Waals surface area contributed by atoms with E-state index in [4.69, 9.17) is 0 Å². The summed E-state index contributed by atoms with van der Waals surface area (Å²) in [5.41, 5.74) is -0.125. The minimum atomic E-state index is -3.25. The standard InChI is InChI=1S/C17H24N2O5S/c1-4-25(23,24)14-7-5-13(6-8-14)12(2)18-16(22)19-10-9-17(3,11-19)15(20)21/h5-8,12H,4,9-11H2,1-3H3,(H,18,22)(H,20,21). The second kappa shape index (κ2) is 7.03. The van der Waals surface area contributed by atoms with E-state index in [1.165, 1.54) is 17.0 Å². The van der Waals surface area contributed by atoms with Crippen LogP contribution in [0.2, 0.25) is 0 Å². The number of sulfone groups is 1. The maximum absolute atomic E-state index is 12.3. The van der Waals surface area contributed by atoms with E-state index in [-0.39, 0.29) is 29.3 Å². The monoisotopic (exact) mass is 368 g/mol. The highest BCUT2D eigenvalue weighted by Gasteiger charge is 2.42.